The number of aromatic nitrogens is 1. The van der Waals surface area contributed by atoms with Crippen LogP contribution in [0.3, 0.4) is 0 Å². The third-order valence-corrected chi connectivity index (χ3v) is 8.68. The van der Waals surface area contributed by atoms with Gasteiger partial charge in [-0.05, 0) is 42.4 Å². The highest BCUT2D eigenvalue weighted by atomic mass is 28.4. The molecule has 24 heavy (non-hydrogen) atoms. The summed E-state index contributed by atoms with van der Waals surface area (Å²) in [7, 11) is -0.461. The molecule has 1 N–H and O–H groups in total. The van der Waals surface area contributed by atoms with Crippen LogP contribution in [0, 0.1) is 5.82 Å². The van der Waals surface area contributed by atoms with E-state index in [2.05, 4.69) is 44.2 Å². The number of nitrogens with one attached hydrogen (secondary N) is 1. The Morgan fingerprint density at radius 2 is 1.71 bits per heavy atom. The summed E-state index contributed by atoms with van der Waals surface area (Å²) in [6.07, 6.45) is 1.53. The molecule has 4 nitrogen and oxygen atoms in total. The number of nitrogens with zero attached hydrogens (tertiary/aromatic N) is 1. The average molecular weight is 348 g/mol. The third-order valence-electron chi connectivity index (χ3n) is 4.32. The normalized spacial score (nSPS) is 12.0. The van der Waals surface area contributed by atoms with E-state index in [1.54, 1.807) is 0 Å². The van der Waals surface area contributed by atoms with E-state index in [0.29, 0.717) is 5.69 Å². The van der Waals surface area contributed by atoms with Gasteiger partial charge in [0, 0.05) is 11.8 Å². The first-order chi connectivity index (χ1) is 11.1. The average Bonchev–Trinajstić information content (AvgIpc) is 2.48. The molecule has 0 amide bonds. The van der Waals surface area contributed by atoms with E-state index in [0.717, 1.165) is 11.4 Å². The van der Waals surface area contributed by atoms with E-state index in [4.69, 9.17) is 9.16 Å². The van der Waals surface area contributed by atoms with Crippen molar-refractivity contribution >= 4 is 19.7 Å². The molecule has 0 aliphatic carbocycles. The van der Waals surface area contributed by atoms with Gasteiger partial charge in [0.05, 0.1) is 19.0 Å². The molecule has 0 atom stereocenters. The first-order valence-electron chi connectivity index (χ1n) is 7.88. The van der Waals surface area contributed by atoms with Crippen LogP contribution < -0.4 is 14.5 Å². The zero-order valence-electron chi connectivity index (χ0n) is 15.1. The highest BCUT2D eigenvalue weighted by Gasteiger charge is 2.38. The summed E-state index contributed by atoms with van der Waals surface area (Å²) in [5.41, 5.74) is 1.40. The number of anilines is 2. The Balaban J connectivity index is 2.08. The molecule has 0 radical (unpaired) electrons. The number of hydrogen-bond acceptors (Lipinski definition) is 4. The monoisotopic (exact) mass is 348 g/mol. The van der Waals surface area contributed by atoms with Crippen molar-refractivity contribution in [2.24, 2.45) is 0 Å². The van der Waals surface area contributed by atoms with Crippen LogP contribution in [-0.4, -0.2) is 20.4 Å². The molecule has 0 spiro atoms. The van der Waals surface area contributed by atoms with Crippen LogP contribution in [0.4, 0.5) is 15.8 Å². The van der Waals surface area contributed by atoms with Gasteiger partial charge >= 0.3 is 0 Å². The molecule has 0 saturated carbocycles. The van der Waals surface area contributed by atoms with Gasteiger partial charge in [-0.3, -0.25) is 0 Å². The lowest BCUT2D eigenvalue weighted by Gasteiger charge is -2.36. The minimum Gasteiger partial charge on any atom is -0.544 e. The molecule has 6 heteroatoms. The van der Waals surface area contributed by atoms with Gasteiger partial charge in [0.2, 0.25) is 14.2 Å². The van der Waals surface area contributed by atoms with Crippen LogP contribution in [0.1, 0.15) is 20.8 Å². The Morgan fingerprint density at radius 1 is 1.08 bits per heavy atom. The van der Waals surface area contributed by atoms with Crippen molar-refractivity contribution in [2.45, 2.75) is 38.9 Å². The Hall–Kier alpha value is -2.08. The molecule has 0 aliphatic rings. The van der Waals surface area contributed by atoms with Crippen molar-refractivity contribution in [3.63, 3.8) is 0 Å². The molecular weight excluding hydrogens is 323 g/mol. The second-order valence-electron chi connectivity index (χ2n) is 7.23. The largest absolute Gasteiger partial charge is 0.544 e. The Kier molecular flexibility index (Phi) is 5.18. The number of halogens is 1. The fourth-order valence-corrected chi connectivity index (χ4v) is 2.90. The summed E-state index contributed by atoms with van der Waals surface area (Å²) < 4.78 is 24.7. The van der Waals surface area contributed by atoms with Crippen LogP contribution in [0.2, 0.25) is 18.1 Å². The van der Waals surface area contributed by atoms with E-state index >= 15 is 0 Å². The summed E-state index contributed by atoms with van der Waals surface area (Å²) in [6.45, 7) is 11.1. The van der Waals surface area contributed by atoms with Crippen LogP contribution >= 0.6 is 0 Å². The van der Waals surface area contributed by atoms with E-state index in [9.17, 15) is 4.39 Å². The van der Waals surface area contributed by atoms with Crippen molar-refractivity contribution in [1.29, 1.82) is 0 Å². The molecule has 130 valence electrons. The van der Waals surface area contributed by atoms with Gasteiger partial charge in [0.25, 0.3) is 0 Å². The summed E-state index contributed by atoms with van der Waals surface area (Å²) in [5, 5.41) is 3.26. The van der Waals surface area contributed by atoms with Crippen LogP contribution in [0.15, 0.2) is 36.5 Å². The topological polar surface area (TPSA) is 43.4 Å². The second-order valence-corrected chi connectivity index (χ2v) is 12.0. The van der Waals surface area contributed by atoms with Crippen molar-refractivity contribution in [2.75, 3.05) is 12.4 Å². The number of rotatable bonds is 5. The predicted molar refractivity (Wildman–Crippen MR) is 98.3 cm³/mol. The standard InChI is InChI=1S/C18H25FN2O2Si/c1-18(2,3)24(5,6)23-15-9-7-13(8-10-15)21-14-11-16(19)17(22-4)20-12-14/h7-12,21H,1-6H3. The van der Waals surface area contributed by atoms with E-state index in [1.807, 2.05) is 24.3 Å². The number of hydrogen-bond donors (Lipinski definition) is 1. The van der Waals surface area contributed by atoms with Gasteiger partial charge in [0.15, 0.2) is 5.82 Å². The number of benzene rings is 1. The maximum absolute atomic E-state index is 13.7. The van der Waals surface area contributed by atoms with Gasteiger partial charge in [0.1, 0.15) is 5.75 Å². The Bertz CT molecular complexity index is 697. The van der Waals surface area contributed by atoms with Gasteiger partial charge < -0.3 is 14.5 Å². The molecule has 1 heterocycles. The highest BCUT2D eigenvalue weighted by Crippen LogP contribution is 2.37. The summed E-state index contributed by atoms with van der Waals surface area (Å²) >= 11 is 0. The molecule has 0 unspecified atom stereocenters. The molecule has 0 aliphatic heterocycles. The van der Waals surface area contributed by atoms with Crippen molar-refractivity contribution in [3.8, 4) is 11.6 Å². The number of pyridine rings is 1. The first kappa shape index (κ1) is 18.3. The van der Waals surface area contributed by atoms with Crippen molar-refractivity contribution < 1.29 is 13.6 Å². The van der Waals surface area contributed by atoms with Gasteiger partial charge in [-0.15, -0.1) is 0 Å². The van der Waals surface area contributed by atoms with Crippen molar-refractivity contribution in [3.05, 3.63) is 42.3 Å². The van der Waals surface area contributed by atoms with Crippen molar-refractivity contribution in [1.82, 2.24) is 4.98 Å². The fourth-order valence-electron chi connectivity index (χ4n) is 1.86. The van der Waals surface area contributed by atoms with Crippen LogP contribution in [-0.2, 0) is 0 Å². The maximum atomic E-state index is 13.7. The van der Waals surface area contributed by atoms with Crippen LogP contribution in [0.5, 0.6) is 11.6 Å². The molecule has 2 aromatic rings. The smallest absolute Gasteiger partial charge is 0.250 e. The number of ether oxygens (including phenoxy) is 1. The molecule has 1 aromatic carbocycles. The Morgan fingerprint density at radius 3 is 2.21 bits per heavy atom. The molecule has 0 fully saturated rings. The lowest BCUT2D eigenvalue weighted by atomic mass is 10.2. The SMILES string of the molecule is COc1ncc(Nc2ccc(O[Si](C)(C)C(C)(C)C)cc2)cc1F. The third kappa shape index (κ3) is 4.26. The van der Waals surface area contributed by atoms with E-state index in [-0.39, 0.29) is 10.9 Å². The molecule has 0 saturated heterocycles. The fraction of sp³-hybridized carbons (Fsp3) is 0.389. The number of methoxy groups -OCH3 is 1. The molecular formula is C18H25FN2O2Si. The van der Waals surface area contributed by atoms with Gasteiger partial charge in [-0.25, -0.2) is 9.37 Å². The highest BCUT2D eigenvalue weighted by molar-refractivity contribution is 6.74. The first-order valence-corrected chi connectivity index (χ1v) is 10.8. The zero-order valence-corrected chi connectivity index (χ0v) is 16.1. The Labute approximate surface area is 144 Å². The minimum absolute atomic E-state index is 0.0151. The van der Waals surface area contributed by atoms with Gasteiger partial charge in [-0.1, -0.05) is 20.8 Å². The second kappa shape index (κ2) is 6.81. The zero-order chi connectivity index (χ0) is 18.0. The lowest BCUT2D eigenvalue weighted by molar-refractivity contribution is 0.369. The summed E-state index contributed by atoms with van der Waals surface area (Å²) in [5.74, 6) is 0.338. The van der Waals surface area contributed by atoms with Gasteiger partial charge in [-0.2, -0.15) is 0 Å². The lowest BCUT2D eigenvalue weighted by Crippen LogP contribution is -2.43. The summed E-state index contributed by atoms with van der Waals surface area (Å²) in [4.78, 5) is 3.91. The molecule has 2 rings (SSSR count). The maximum Gasteiger partial charge on any atom is 0.250 e. The molecule has 0 bridgehead atoms. The summed E-state index contributed by atoms with van der Waals surface area (Å²) in [6, 6.07) is 9.02. The quantitative estimate of drug-likeness (QED) is 0.739. The molecule has 1 aromatic heterocycles. The minimum atomic E-state index is -1.85. The van der Waals surface area contributed by atoms with E-state index in [1.165, 1.54) is 19.4 Å². The predicted octanol–water partition coefficient (Wildman–Crippen LogP) is 5.36. The van der Waals surface area contributed by atoms with E-state index < -0.39 is 14.1 Å². The van der Waals surface area contributed by atoms with Crippen LogP contribution in [0.25, 0.3) is 0 Å².